The van der Waals surface area contributed by atoms with Crippen LogP contribution in [0.3, 0.4) is 0 Å². The van der Waals surface area contributed by atoms with E-state index in [1.807, 2.05) is 48.5 Å². The highest BCUT2D eigenvalue weighted by Crippen LogP contribution is 2.41. The Hall–Kier alpha value is -2.37. The van der Waals surface area contributed by atoms with Crippen molar-refractivity contribution in [3.05, 3.63) is 99.4 Å². The highest BCUT2D eigenvalue weighted by molar-refractivity contribution is 9.10. The second-order valence-electron chi connectivity index (χ2n) is 5.91. The zero-order valence-electron chi connectivity index (χ0n) is 13.7. The Morgan fingerprint density at radius 3 is 2.19 bits per heavy atom. The molecule has 130 valence electrons. The predicted molar refractivity (Wildman–Crippen MR) is 106 cm³/mol. The van der Waals surface area contributed by atoms with Crippen molar-refractivity contribution < 1.29 is 13.2 Å². The molecule has 1 aliphatic rings. The first kappa shape index (κ1) is 17.1. The predicted octanol–water partition coefficient (Wildman–Crippen LogP) is 5.07. The summed E-state index contributed by atoms with van der Waals surface area (Å²) in [6, 6.07) is 23.7. The van der Waals surface area contributed by atoms with Gasteiger partial charge in [-0.1, -0.05) is 64.5 Å². The van der Waals surface area contributed by atoms with Crippen LogP contribution >= 0.6 is 15.9 Å². The molecule has 1 heterocycles. The normalized spacial score (nSPS) is 13.9. The number of hydrogen-bond acceptors (Lipinski definition) is 3. The highest BCUT2D eigenvalue weighted by atomic mass is 79.9. The fourth-order valence-electron chi connectivity index (χ4n) is 3.06. The third-order valence-corrected chi connectivity index (χ3v) is 6.65. The van der Waals surface area contributed by atoms with E-state index < -0.39 is 9.84 Å². The van der Waals surface area contributed by atoms with Gasteiger partial charge in [0.05, 0.1) is 9.80 Å². The van der Waals surface area contributed by atoms with Crippen LogP contribution in [0, 0.1) is 0 Å². The van der Waals surface area contributed by atoms with Crippen molar-refractivity contribution in [3.8, 4) is 5.75 Å². The molecule has 4 rings (SSSR count). The molecular formula is C21H15BrO3S. The Labute approximate surface area is 161 Å². The van der Waals surface area contributed by atoms with Crippen LogP contribution < -0.4 is 4.74 Å². The lowest BCUT2D eigenvalue weighted by Crippen LogP contribution is -2.19. The first-order valence-electron chi connectivity index (χ1n) is 8.09. The standard InChI is InChI=1S/C21H15BrO3S/c22-16-11-12-19-18(13-16)21(15-7-3-1-4-8-15)20(14-25-19)26(23,24)17-9-5-2-6-10-17/h1-13H,14H2. The zero-order chi connectivity index (χ0) is 18.1. The highest BCUT2D eigenvalue weighted by Gasteiger charge is 2.31. The molecule has 0 unspecified atom stereocenters. The number of hydrogen-bond donors (Lipinski definition) is 0. The number of benzene rings is 3. The lowest BCUT2D eigenvalue weighted by molar-refractivity contribution is 0.352. The number of fused-ring (bicyclic) bond motifs is 1. The van der Waals surface area contributed by atoms with Gasteiger partial charge in [0.25, 0.3) is 0 Å². The molecule has 0 saturated carbocycles. The van der Waals surface area contributed by atoms with E-state index in [-0.39, 0.29) is 16.4 Å². The van der Waals surface area contributed by atoms with Crippen molar-refractivity contribution >= 4 is 31.3 Å². The second kappa shape index (κ2) is 6.74. The van der Waals surface area contributed by atoms with Gasteiger partial charge in [0, 0.05) is 15.6 Å². The molecule has 0 fully saturated rings. The van der Waals surface area contributed by atoms with Gasteiger partial charge in [-0.25, -0.2) is 8.42 Å². The summed E-state index contributed by atoms with van der Waals surface area (Å²) in [5.74, 6) is 0.680. The van der Waals surface area contributed by atoms with Crippen LogP contribution in [0.1, 0.15) is 11.1 Å². The fourth-order valence-corrected chi connectivity index (χ4v) is 4.94. The molecular weight excluding hydrogens is 412 g/mol. The molecule has 3 aromatic rings. The lowest BCUT2D eigenvalue weighted by Gasteiger charge is -2.24. The average Bonchev–Trinajstić information content (AvgIpc) is 2.68. The van der Waals surface area contributed by atoms with Crippen molar-refractivity contribution in [1.82, 2.24) is 0 Å². The zero-order valence-corrected chi connectivity index (χ0v) is 16.1. The molecule has 0 radical (unpaired) electrons. The maximum Gasteiger partial charge on any atom is 0.206 e. The Kier molecular flexibility index (Phi) is 4.42. The van der Waals surface area contributed by atoms with E-state index in [2.05, 4.69) is 15.9 Å². The van der Waals surface area contributed by atoms with E-state index in [1.54, 1.807) is 30.3 Å². The average molecular weight is 427 g/mol. The number of sulfone groups is 1. The van der Waals surface area contributed by atoms with Crippen LogP contribution in [0.4, 0.5) is 0 Å². The monoisotopic (exact) mass is 426 g/mol. The van der Waals surface area contributed by atoms with Crippen LogP contribution in [0.2, 0.25) is 0 Å². The summed E-state index contributed by atoms with van der Waals surface area (Å²) in [6.07, 6.45) is 0. The van der Waals surface area contributed by atoms with Crippen molar-refractivity contribution in [2.75, 3.05) is 6.61 Å². The summed E-state index contributed by atoms with van der Waals surface area (Å²) in [5.41, 5.74) is 2.31. The summed E-state index contributed by atoms with van der Waals surface area (Å²) < 4.78 is 33.3. The van der Waals surface area contributed by atoms with Crippen LogP contribution in [-0.2, 0) is 9.84 Å². The maximum atomic E-state index is 13.3. The molecule has 0 spiro atoms. The van der Waals surface area contributed by atoms with Gasteiger partial charge in [0.2, 0.25) is 9.84 Å². The largest absolute Gasteiger partial charge is 0.487 e. The summed E-state index contributed by atoms with van der Waals surface area (Å²) >= 11 is 3.48. The van der Waals surface area contributed by atoms with Gasteiger partial charge in [0.1, 0.15) is 12.4 Å². The molecule has 26 heavy (non-hydrogen) atoms. The summed E-state index contributed by atoms with van der Waals surface area (Å²) in [5, 5.41) is 0. The number of halogens is 1. The molecule has 5 heteroatoms. The summed E-state index contributed by atoms with van der Waals surface area (Å²) in [4.78, 5) is 0.547. The van der Waals surface area contributed by atoms with Crippen molar-refractivity contribution in [2.24, 2.45) is 0 Å². The van der Waals surface area contributed by atoms with Crippen molar-refractivity contribution in [1.29, 1.82) is 0 Å². The van der Waals surface area contributed by atoms with Gasteiger partial charge in [0.15, 0.2) is 0 Å². The minimum Gasteiger partial charge on any atom is -0.487 e. The van der Waals surface area contributed by atoms with E-state index in [0.29, 0.717) is 11.3 Å². The Morgan fingerprint density at radius 1 is 0.846 bits per heavy atom. The Morgan fingerprint density at radius 2 is 1.50 bits per heavy atom. The van der Waals surface area contributed by atoms with Crippen LogP contribution in [0.25, 0.3) is 5.57 Å². The van der Waals surface area contributed by atoms with Gasteiger partial charge in [-0.3, -0.25) is 0 Å². The lowest BCUT2D eigenvalue weighted by atomic mass is 9.95. The molecule has 0 aliphatic carbocycles. The van der Waals surface area contributed by atoms with Crippen LogP contribution in [0.5, 0.6) is 5.75 Å². The first-order chi connectivity index (χ1) is 12.6. The minimum absolute atomic E-state index is 0.0100. The van der Waals surface area contributed by atoms with E-state index in [9.17, 15) is 8.42 Å². The number of ether oxygens (including phenoxy) is 1. The molecule has 1 aliphatic heterocycles. The minimum atomic E-state index is -3.68. The number of rotatable bonds is 3. The first-order valence-corrected chi connectivity index (χ1v) is 10.4. The molecule has 3 nitrogen and oxygen atoms in total. The molecule has 0 aromatic heterocycles. The Bertz CT molecular complexity index is 1090. The molecule has 3 aromatic carbocycles. The van der Waals surface area contributed by atoms with Crippen molar-refractivity contribution in [2.45, 2.75) is 4.90 Å². The summed E-state index contributed by atoms with van der Waals surface area (Å²) in [6.45, 7) is 0.0100. The molecule has 0 N–H and O–H groups in total. The smallest absolute Gasteiger partial charge is 0.206 e. The molecule has 0 bridgehead atoms. The Balaban J connectivity index is 2.03. The van der Waals surface area contributed by atoms with E-state index >= 15 is 0 Å². The van der Waals surface area contributed by atoms with Gasteiger partial charge < -0.3 is 4.74 Å². The van der Waals surface area contributed by atoms with Gasteiger partial charge in [-0.15, -0.1) is 0 Å². The van der Waals surface area contributed by atoms with E-state index in [1.165, 1.54) is 0 Å². The van der Waals surface area contributed by atoms with Gasteiger partial charge >= 0.3 is 0 Å². The topological polar surface area (TPSA) is 43.4 Å². The second-order valence-corrected chi connectivity index (χ2v) is 8.80. The fraction of sp³-hybridized carbons (Fsp3) is 0.0476. The third-order valence-electron chi connectivity index (χ3n) is 4.29. The molecule has 0 amide bonds. The van der Waals surface area contributed by atoms with E-state index in [4.69, 9.17) is 4.74 Å². The van der Waals surface area contributed by atoms with Crippen LogP contribution in [0.15, 0.2) is 93.1 Å². The maximum absolute atomic E-state index is 13.3. The molecule has 0 atom stereocenters. The van der Waals surface area contributed by atoms with Gasteiger partial charge in [-0.2, -0.15) is 0 Å². The van der Waals surface area contributed by atoms with E-state index in [0.717, 1.165) is 15.6 Å². The van der Waals surface area contributed by atoms with Crippen molar-refractivity contribution in [3.63, 3.8) is 0 Å². The third kappa shape index (κ3) is 2.97. The summed E-state index contributed by atoms with van der Waals surface area (Å²) in [7, 11) is -3.68. The van der Waals surface area contributed by atoms with Crippen LogP contribution in [-0.4, -0.2) is 15.0 Å². The van der Waals surface area contributed by atoms with Gasteiger partial charge in [-0.05, 0) is 35.9 Å². The quantitative estimate of drug-likeness (QED) is 0.586. The molecule has 0 saturated heterocycles. The SMILES string of the molecule is O=S(=O)(C1=C(c2ccccc2)c2cc(Br)ccc2OC1)c1ccccc1.